The summed E-state index contributed by atoms with van der Waals surface area (Å²) in [5.74, 6) is 0.621. The van der Waals surface area contributed by atoms with E-state index >= 15 is 0 Å². The Morgan fingerprint density at radius 3 is 2.84 bits per heavy atom. The predicted molar refractivity (Wildman–Crippen MR) is 81.6 cm³/mol. The second kappa shape index (κ2) is 6.57. The molecule has 1 aromatic heterocycles. The van der Waals surface area contributed by atoms with E-state index in [1.165, 1.54) is 5.56 Å². The van der Waals surface area contributed by atoms with Gasteiger partial charge in [-0.3, -0.25) is 0 Å². The zero-order valence-corrected chi connectivity index (χ0v) is 12.6. The predicted octanol–water partition coefficient (Wildman–Crippen LogP) is 4.42. The van der Waals surface area contributed by atoms with E-state index in [9.17, 15) is 0 Å². The molecule has 1 unspecified atom stereocenters. The van der Waals surface area contributed by atoms with Gasteiger partial charge in [0.15, 0.2) is 0 Å². The maximum absolute atomic E-state index is 5.27. The van der Waals surface area contributed by atoms with Gasteiger partial charge in [0.1, 0.15) is 0 Å². The van der Waals surface area contributed by atoms with E-state index in [0.717, 1.165) is 16.6 Å². The van der Waals surface area contributed by atoms with Crippen LogP contribution in [0.3, 0.4) is 0 Å². The molecule has 1 N–H and O–H groups in total. The highest BCUT2D eigenvalue weighted by molar-refractivity contribution is 9.10. The van der Waals surface area contributed by atoms with E-state index in [2.05, 4.69) is 45.3 Å². The van der Waals surface area contributed by atoms with Crippen LogP contribution in [0.4, 0.5) is 5.69 Å². The number of hydrogen-bond donors (Lipinski definition) is 1. The Hall–Kier alpha value is -1.55. The maximum atomic E-state index is 5.27. The summed E-state index contributed by atoms with van der Waals surface area (Å²) in [5, 5.41) is 3.48. The van der Waals surface area contributed by atoms with Crippen LogP contribution in [0, 0.1) is 0 Å². The molecule has 0 radical (unpaired) electrons. The minimum Gasteiger partial charge on any atom is -0.480 e. The van der Waals surface area contributed by atoms with Gasteiger partial charge in [-0.15, -0.1) is 0 Å². The standard InChI is InChI=1S/C15H17BrN2O/c1-3-13(11-6-4-7-12(16)10-11)18-14-8-5-9-17-15(14)19-2/h4-10,13,18H,3H2,1-2H3. The number of anilines is 1. The lowest BCUT2D eigenvalue weighted by molar-refractivity contribution is 0.399. The summed E-state index contributed by atoms with van der Waals surface area (Å²) in [6.07, 6.45) is 2.71. The van der Waals surface area contributed by atoms with E-state index in [-0.39, 0.29) is 6.04 Å². The molecule has 0 amide bonds. The number of rotatable bonds is 5. The van der Waals surface area contributed by atoms with Crippen LogP contribution in [0.25, 0.3) is 0 Å². The van der Waals surface area contributed by atoms with Crippen LogP contribution in [0.1, 0.15) is 24.9 Å². The molecule has 100 valence electrons. The fourth-order valence-electron chi connectivity index (χ4n) is 2.00. The van der Waals surface area contributed by atoms with Crippen LogP contribution in [0.2, 0.25) is 0 Å². The van der Waals surface area contributed by atoms with Gasteiger partial charge in [0, 0.05) is 10.7 Å². The average molecular weight is 321 g/mol. The maximum Gasteiger partial charge on any atom is 0.237 e. The van der Waals surface area contributed by atoms with E-state index in [4.69, 9.17) is 4.74 Å². The van der Waals surface area contributed by atoms with Crippen molar-refractivity contribution >= 4 is 21.6 Å². The van der Waals surface area contributed by atoms with Crippen molar-refractivity contribution in [2.75, 3.05) is 12.4 Å². The highest BCUT2D eigenvalue weighted by Crippen LogP contribution is 2.28. The Morgan fingerprint density at radius 2 is 2.16 bits per heavy atom. The van der Waals surface area contributed by atoms with Gasteiger partial charge < -0.3 is 10.1 Å². The van der Waals surface area contributed by atoms with Gasteiger partial charge in [-0.2, -0.15) is 0 Å². The number of ether oxygens (including phenoxy) is 1. The summed E-state index contributed by atoms with van der Waals surface area (Å²) in [5.41, 5.74) is 2.15. The van der Waals surface area contributed by atoms with E-state index in [1.54, 1.807) is 13.3 Å². The molecule has 0 aliphatic rings. The highest BCUT2D eigenvalue weighted by atomic mass is 79.9. The monoisotopic (exact) mass is 320 g/mol. The van der Waals surface area contributed by atoms with Gasteiger partial charge in [-0.25, -0.2) is 4.98 Å². The molecule has 1 aromatic carbocycles. The second-order valence-corrected chi connectivity index (χ2v) is 5.14. The molecule has 0 fully saturated rings. The summed E-state index contributed by atoms with van der Waals surface area (Å²) in [4.78, 5) is 4.20. The summed E-state index contributed by atoms with van der Waals surface area (Å²) < 4.78 is 6.35. The topological polar surface area (TPSA) is 34.2 Å². The molecule has 3 nitrogen and oxygen atoms in total. The number of pyridine rings is 1. The van der Waals surface area contributed by atoms with Crippen LogP contribution >= 0.6 is 15.9 Å². The number of halogens is 1. The normalized spacial score (nSPS) is 11.9. The number of aromatic nitrogens is 1. The number of nitrogens with one attached hydrogen (secondary N) is 1. The van der Waals surface area contributed by atoms with Crippen LogP contribution in [0.15, 0.2) is 47.1 Å². The van der Waals surface area contributed by atoms with Crippen molar-refractivity contribution < 1.29 is 4.74 Å². The molecule has 1 atom stereocenters. The smallest absolute Gasteiger partial charge is 0.237 e. The van der Waals surface area contributed by atoms with Crippen LogP contribution in [-0.2, 0) is 0 Å². The van der Waals surface area contributed by atoms with Gasteiger partial charge in [-0.1, -0.05) is 35.0 Å². The quantitative estimate of drug-likeness (QED) is 0.885. The Labute approximate surface area is 122 Å². The van der Waals surface area contributed by atoms with Gasteiger partial charge in [-0.05, 0) is 36.2 Å². The van der Waals surface area contributed by atoms with Crippen molar-refractivity contribution in [1.82, 2.24) is 4.98 Å². The molecule has 4 heteroatoms. The van der Waals surface area contributed by atoms with E-state index in [1.807, 2.05) is 24.3 Å². The van der Waals surface area contributed by atoms with Gasteiger partial charge in [0.2, 0.25) is 5.88 Å². The first-order valence-electron chi connectivity index (χ1n) is 6.25. The first-order valence-corrected chi connectivity index (χ1v) is 7.05. The van der Waals surface area contributed by atoms with E-state index < -0.39 is 0 Å². The molecule has 0 aliphatic heterocycles. The van der Waals surface area contributed by atoms with Crippen LogP contribution < -0.4 is 10.1 Å². The molecule has 0 bridgehead atoms. The number of hydrogen-bond acceptors (Lipinski definition) is 3. The molecule has 0 saturated heterocycles. The molecule has 19 heavy (non-hydrogen) atoms. The SMILES string of the molecule is CCC(Nc1cccnc1OC)c1cccc(Br)c1. The third-order valence-corrected chi connectivity index (χ3v) is 3.45. The highest BCUT2D eigenvalue weighted by Gasteiger charge is 2.12. The minimum absolute atomic E-state index is 0.232. The van der Waals surface area contributed by atoms with Gasteiger partial charge in [0.25, 0.3) is 0 Å². The molecule has 2 aromatic rings. The fraction of sp³-hybridized carbons (Fsp3) is 0.267. The van der Waals surface area contributed by atoms with Crippen molar-refractivity contribution in [3.63, 3.8) is 0 Å². The summed E-state index contributed by atoms with van der Waals surface area (Å²) in [6.45, 7) is 2.15. The lowest BCUT2D eigenvalue weighted by Gasteiger charge is -2.20. The van der Waals surface area contributed by atoms with Gasteiger partial charge in [0.05, 0.1) is 18.8 Å². The zero-order valence-electron chi connectivity index (χ0n) is 11.1. The van der Waals surface area contributed by atoms with Crippen molar-refractivity contribution in [3.8, 4) is 5.88 Å². The number of benzene rings is 1. The summed E-state index contributed by atoms with van der Waals surface area (Å²) in [7, 11) is 1.63. The number of nitrogens with zero attached hydrogens (tertiary/aromatic N) is 1. The Balaban J connectivity index is 2.24. The van der Waals surface area contributed by atoms with Gasteiger partial charge >= 0.3 is 0 Å². The van der Waals surface area contributed by atoms with E-state index in [0.29, 0.717) is 5.88 Å². The number of methoxy groups -OCH3 is 1. The summed E-state index contributed by atoms with van der Waals surface area (Å²) >= 11 is 3.51. The largest absolute Gasteiger partial charge is 0.480 e. The summed E-state index contributed by atoms with van der Waals surface area (Å²) in [6, 6.07) is 12.4. The molecule has 0 spiro atoms. The van der Waals surface area contributed by atoms with Crippen molar-refractivity contribution in [1.29, 1.82) is 0 Å². The molecule has 1 heterocycles. The minimum atomic E-state index is 0.232. The molecule has 2 rings (SSSR count). The lowest BCUT2D eigenvalue weighted by atomic mass is 10.0. The Bertz CT molecular complexity index is 545. The first kappa shape index (κ1) is 13.9. The third kappa shape index (κ3) is 3.47. The molecular formula is C15H17BrN2O. The molecule has 0 saturated carbocycles. The first-order chi connectivity index (χ1) is 9.24. The zero-order chi connectivity index (χ0) is 13.7. The lowest BCUT2D eigenvalue weighted by Crippen LogP contribution is -2.10. The average Bonchev–Trinajstić information content (AvgIpc) is 2.45. The van der Waals surface area contributed by atoms with Crippen LogP contribution in [0.5, 0.6) is 5.88 Å². The Kier molecular flexibility index (Phi) is 4.80. The molecule has 0 aliphatic carbocycles. The second-order valence-electron chi connectivity index (χ2n) is 4.22. The molecular weight excluding hydrogens is 304 g/mol. The fourth-order valence-corrected chi connectivity index (χ4v) is 2.41. The Morgan fingerprint density at radius 1 is 1.32 bits per heavy atom. The van der Waals surface area contributed by atoms with Crippen molar-refractivity contribution in [2.45, 2.75) is 19.4 Å². The van der Waals surface area contributed by atoms with Crippen LogP contribution in [-0.4, -0.2) is 12.1 Å². The third-order valence-electron chi connectivity index (χ3n) is 2.95. The van der Waals surface area contributed by atoms with Crippen molar-refractivity contribution in [3.05, 3.63) is 52.6 Å². The van der Waals surface area contributed by atoms with Crippen molar-refractivity contribution in [2.24, 2.45) is 0 Å².